The molecule has 0 aromatic heterocycles. The van der Waals surface area contributed by atoms with E-state index in [2.05, 4.69) is 5.32 Å². The van der Waals surface area contributed by atoms with Crippen LogP contribution in [0.1, 0.15) is 25.5 Å². The number of likely N-dealkylation sites (N-methyl/N-ethyl adjacent to an activating group) is 1. The summed E-state index contributed by atoms with van der Waals surface area (Å²) in [6.07, 6.45) is -0.691. The zero-order valence-corrected chi connectivity index (χ0v) is 9.76. The van der Waals surface area contributed by atoms with Gasteiger partial charge in [0.2, 0.25) is 0 Å². The zero-order valence-electron chi connectivity index (χ0n) is 9.76. The van der Waals surface area contributed by atoms with Crippen LogP contribution in [-0.4, -0.2) is 19.7 Å². The zero-order chi connectivity index (χ0) is 12.1. The number of rotatable bonds is 5. The van der Waals surface area contributed by atoms with Gasteiger partial charge in [0, 0.05) is 6.54 Å². The molecule has 4 heteroatoms. The molecule has 1 N–H and O–H groups in total. The number of nitrogens with one attached hydrogen (secondary N) is 1. The predicted molar refractivity (Wildman–Crippen MR) is 59.2 cm³/mol. The van der Waals surface area contributed by atoms with E-state index >= 15 is 0 Å². The van der Waals surface area contributed by atoms with Crippen LogP contribution in [0.2, 0.25) is 0 Å². The molecule has 0 aliphatic heterocycles. The minimum atomic E-state index is -0.605. The van der Waals surface area contributed by atoms with Crippen molar-refractivity contribution in [3.8, 4) is 0 Å². The Kier molecular flexibility index (Phi) is 4.83. The van der Waals surface area contributed by atoms with Gasteiger partial charge in [-0.25, -0.2) is 8.78 Å². The summed E-state index contributed by atoms with van der Waals surface area (Å²) in [4.78, 5) is 0. The van der Waals surface area contributed by atoms with Gasteiger partial charge in [-0.1, -0.05) is 6.07 Å². The fourth-order valence-corrected chi connectivity index (χ4v) is 1.55. The van der Waals surface area contributed by atoms with E-state index in [4.69, 9.17) is 4.74 Å². The molecular weight excluding hydrogens is 212 g/mol. The van der Waals surface area contributed by atoms with Crippen LogP contribution in [0.4, 0.5) is 8.78 Å². The van der Waals surface area contributed by atoms with Crippen LogP contribution in [0.3, 0.4) is 0 Å². The van der Waals surface area contributed by atoms with Crippen molar-refractivity contribution in [1.82, 2.24) is 5.32 Å². The molecule has 90 valence electrons. The van der Waals surface area contributed by atoms with Crippen molar-refractivity contribution < 1.29 is 13.5 Å². The molecule has 0 heterocycles. The van der Waals surface area contributed by atoms with Gasteiger partial charge < -0.3 is 10.1 Å². The van der Waals surface area contributed by atoms with Crippen LogP contribution in [0.5, 0.6) is 0 Å². The molecule has 0 fully saturated rings. The van der Waals surface area contributed by atoms with Gasteiger partial charge in [-0.05, 0) is 33.0 Å². The van der Waals surface area contributed by atoms with Gasteiger partial charge in [0.25, 0.3) is 0 Å². The summed E-state index contributed by atoms with van der Waals surface area (Å²) in [6.45, 7) is 4.04. The third kappa shape index (κ3) is 3.25. The van der Waals surface area contributed by atoms with E-state index in [9.17, 15) is 8.78 Å². The highest BCUT2D eigenvalue weighted by atomic mass is 19.1. The van der Waals surface area contributed by atoms with Gasteiger partial charge >= 0.3 is 0 Å². The van der Waals surface area contributed by atoms with Gasteiger partial charge in [0.15, 0.2) is 0 Å². The highest BCUT2D eigenvalue weighted by molar-refractivity contribution is 5.22. The molecule has 0 amide bonds. The van der Waals surface area contributed by atoms with Crippen LogP contribution in [-0.2, 0) is 4.74 Å². The Morgan fingerprint density at radius 3 is 2.25 bits per heavy atom. The van der Waals surface area contributed by atoms with Gasteiger partial charge in [-0.15, -0.1) is 0 Å². The molecule has 0 aliphatic carbocycles. The Morgan fingerprint density at radius 2 is 1.81 bits per heavy atom. The van der Waals surface area contributed by atoms with Crippen molar-refractivity contribution in [1.29, 1.82) is 0 Å². The topological polar surface area (TPSA) is 21.3 Å². The van der Waals surface area contributed by atoms with Crippen LogP contribution in [0.15, 0.2) is 18.2 Å². The van der Waals surface area contributed by atoms with E-state index in [-0.39, 0.29) is 11.7 Å². The molecule has 0 aliphatic rings. The molecule has 0 saturated carbocycles. The Morgan fingerprint density at radius 1 is 1.25 bits per heavy atom. The number of hydrogen-bond donors (Lipinski definition) is 1. The van der Waals surface area contributed by atoms with E-state index in [0.717, 1.165) is 0 Å². The first-order chi connectivity index (χ1) is 7.56. The largest absolute Gasteiger partial charge is 0.369 e. The summed E-state index contributed by atoms with van der Waals surface area (Å²) in [5.41, 5.74) is -0.00875. The SMILES string of the molecule is CNC[C@@H](OC(C)C)c1c(F)cccc1F. The van der Waals surface area contributed by atoms with Crippen molar-refractivity contribution in [3.05, 3.63) is 35.4 Å². The second-order valence-corrected chi connectivity index (χ2v) is 3.87. The van der Waals surface area contributed by atoms with E-state index in [0.29, 0.717) is 6.54 Å². The van der Waals surface area contributed by atoms with Crippen LogP contribution in [0, 0.1) is 11.6 Å². The van der Waals surface area contributed by atoms with Gasteiger partial charge in [0.05, 0.1) is 11.7 Å². The van der Waals surface area contributed by atoms with Crippen LogP contribution in [0.25, 0.3) is 0 Å². The summed E-state index contributed by atoms with van der Waals surface area (Å²) < 4.78 is 32.5. The molecule has 0 saturated heterocycles. The first-order valence-electron chi connectivity index (χ1n) is 5.30. The molecule has 0 radical (unpaired) electrons. The fourth-order valence-electron chi connectivity index (χ4n) is 1.55. The van der Waals surface area contributed by atoms with Gasteiger partial charge in [-0.2, -0.15) is 0 Å². The van der Waals surface area contributed by atoms with E-state index in [1.807, 2.05) is 13.8 Å². The Hall–Kier alpha value is -1.00. The molecule has 0 unspecified atom stereocenters. The molecule has 1 rings (SSSR count). The molecule has 2 nitrogen and oxygen atoms in total. The third-order valence-electron chi connectivity index (χ3n) is 2.15. The summed E-state index contributed by atoms with van der Waals surface area (Å²) in [7, 11) is 1.72. The molecule has 1 atom stereocenters. The van der Waals surface area contributed by atoms with Crippen molar-refractivity contribution >= 4 is 0 Å². The Balaban J connectivity index is 3.00. The second kappa shape index (κ2) is 5.92. The number of ether oxygens (including phenoxy) is 1. The molecule has 0 bridgehead atoms. The van der Waals surface area contributed by atoms with E-state index in [1.54, 1.807) is 7.05 Å². The Labute approximate surface area is 94.6 Å². The average Bonchev–Trinajstić information content (AvgIpc) is 2.16. The molecule has 0 spiro atoms. The minimum Gasteiger partial charge on any atom is -0.369 e. The maximum Gasteiger partial charge on any atom is 0.132 e. The van der Waals surface area contributed by atoms with Crippen molar-refractivity contribution in [2.24, 2.45) is 0 Å². The molecule has 1 aromatic carbocycles. The maximum atomic E-state index is 13.5. The van der Waals surface area contributed by atoms with Crippen molar-refractivity contribution in [2.75, 3.05) is 13.6 Å². The fraction of sp³-hybridized carbons (Fsp3) is 0.500. The molecule has 16 heavy (non-hydrogen) atoms. The quantitative estimate of drug-likeness (QED) is 0.838. The Bertz CT molecular complexity index is 322. The lowest BCUT2D eigenvalue weighted by Gasteiger charge is -2.21. The van der Waals surface area contributed by atoms with E-state index in [1.165, 1.54) is 18.2 Å². The molecule has 1 aromatic rings. The monoisotopic (exact) mass is 229 g/mol. The summed E-state index contributed by atoms with van der Waals surface area (Å²) in [5.74, 6) is -1.14. The maximum absolute atomic E-state index is 13.5. The first kappa shape index (κ1) is 13.1. The van der Waals surface area contributed by atoms with Crippen LogP contribution < -0.4 is 5.32 Å². The average molecular weight is 229 g/mol. The van der Waals surface area contributed by atoms with Crippen molar-refractivity contribution in [3.63, 3.8) is 0 Å². The standard InChI is InChI=1S/C12H17F2NO/c1-8(2)16-11(7-15-3)12-9(13)5-4-6-10(12)14/h4-6,8,11,15H,7H2,1-3H3/t11-/m1/s1. The lowest BCUT2D eigenvalue weighted by Crippen LogP contribution is -2.24. The van der Waals surface area contributed by atoms with Gasteiger partial charge in [0.1, 0.15) is 17.7 Å². The third-order valence-corrected chi connectivity index (χ3v) is 2.15. The number of benzene rings is 1. The summed E-state index contributed by atoms with van der Waals surface area (Å²) in [5, 5.41) is 2.87. The lowest BCUT2D eigenvalue weighted by atomic mass is 10.1. The highest BCUT2D eigenvalue weighted by Gasteiger charge is 2.21. The van der Waals surface area contributed by atoms with Gasteiger partial charge in [-0.3, -0.25) is 0 Å². The van der Waals surface area contributed by atoms with Crippen LogP contribution >= 0.6 is 0 Å². The van der Waals surface area contributed by atoms with E-state index < -0.39 is 17.7 Å². The smallest absolute Gasteiger partial charge is 0.132 e. The highest BCUT2D eigenvalue weighted by Crippen LogP contribution is 2.24. The lowest BCUT2D eigenvalue weighted by molar-refractivity contribution is 0.00426. The first-order valence-corrected chi connectivity index (χ1v) is 5.30. The number of halogens is 2. The molecular formula is C12H17F2NO. The number of hydrogen-bond acceptors (Lipinski definition) is 2. The summed E-state index contributed by atoms with van der Waals surface area (Å²) in [6, 6.07) is 3.83. The minimum absolute atomic E-state index is 0.00875. The summed E-state index contributed by atoms with van der Waals surface area (Å²) >= 11 is 0. The second-order valence-electron chi connectivity index (χ2n) is 3.87. The van der Waals surface area contributed by atoms with Crippen molar-refractivity contribution in [2.45, 2.75) is 26.1 Å². The normalized spacial score (nSPS) is 13.1. The predicted octanol–water partition coefficient (Wildman–Crippen LogP) is 2.65.